The first-order valence-electron chi connectivity index (χ1n) is 5.49. The van der Waals surface area contributed by atoms with Crippen molar-refractivity contribution in [2.45, 2.75) is 18.8 Å². The molecule has 2 heterocycles. The second-order valence-corrected chi connectivity index (χ2v) is 4.01. The molecule has 2 aromatic heterocycles. The van der Waals surface area contributed by atoms with Crippen LogP contribution in [0.2, 0.25) is 0 Å². The van der Waals surface area contributed by atoms with Gasteiger partial charge in [-0.1, -0.05) is 0 Å². The molecule has 1 aliphatic carbocycles. The Kier molecular flexibility index (Phi) is 2.41. The van der Waals surface area contributed by atoms with Crippen LogP contribution in [0.3, 0.4) is 0 Å². The molecule has 1 fully saturated rings. The van der Waals surface area contributed by atoms with E-state index in [9.17, 15) is 0 Å². The molecule has 0 saturated heterocycles. The number of rotatable bonds is 3. The Labute approximate surface area is 98.3 Å². The van der Waals surface area contributed by atoms with Crippen LogP contribution in [-0.2, 0) is 0 Å². The Balaban J connectivity index is 2.06. The summed E-state index contributed by atoms with van der Waals surface area (Å²) in [6.45, 7) is 0. The molecule has 1 saturated carbocycles. The van der Waals surface area contributed by atoms with Crippen LogP contribution in [-0.4, -0.2) is 19.9 Å². The van der Waals surface area contributed by atoms with Gasteiger partial charge >= 0.3 is 0 Å². The largest absolute Gasteiger partial charge is 0.308 e. The topological polar surface area (TPSA) is 89.6 Å². The molecule has 6 nitrogen and oxygen atoms in total. The predicted octanol–water partition coefficient (Wildman–Crippen LogP) is 1.10. The lowest BCUT2D eigenvalue weighted by Gasteiger charge is -2.06. The van der Waals surface area contributed by atoms with Gasteiger partial charge in [-0.3, -0.25) is 4.98 Å². The summed E-state index contributed by atoms with van der Waals surface area (Å²) in [5.41, 5.74) is 4.24. The molecule has 6 heteroatoms. The van der Waals surface area contributed by atoms with Crippen molar-refractivity contribution in [1.82, 2.24) is 19.9 Å². The molecule has 0 aromatic carbocycles. The SMILES string of the molecule is NNc1cc(C2CC2)nc(-c2cnccn2)n1. The quantitative estimate of drug-likeness (QED) is 0.604. The van der Waals surface area contributed by atoms with Crippen LogP contribution in [0.5, 0.6) is 0 Å². The highest BCUT2D eigenvalue weighted by Crippen LogP contribution is 2.39. The third-order valence-electron chi connectivity index (χ3n) is 2.68. The summed E-state index contributed by atoms with van der Waals surface area (Å²) in [4.78, 5) is 17.0. The second-order valence-electron chi connectivity index (χ2n) is 4.01. The molecule has 0 spiro atoms. The van der Waals surface area contributed by atoms with Crippen molar-refractivity contribution in [2.75, 3.05) is 5.43 Å². The van der Waals surface area contributed by atoms with E-state index in [1.807, 2.05) is 6.07 Å². The van der Waals surface area contributed by atoms with E-state index in [1.165, 1.54) is 12.8 Å². The Morgan fingerprint density at radius 3 is 2.76 bits per heavy atom. The number of aromatic nitrogens is 4. The van der Waals surface area contributed by atoms with Crippen molar-refractivity contribution >= 4 is 5.82 Å². The molecule has 1 aliphatic rings. The van der Waals surface area contributed by atoms with Gasteiger partial charge in [0.1, 0.15) is 11.5 Å². The summed E-state index contributed by atoms with van der Waals surface area (Å²) in [5, 5.41) is 0. The molecule has 0 bridgehead atoms. The average molecular weight is 228 g/mol. The number of anilines is 1. The molecular weight excluding hydrogens is 216 g/mol. The lowest BCUT2D eigenvalue weighted by atomic mass is 10.2. The van der Waals surface area contributed by atoms with Crippen LogP contribution < -0.4 is 11.3 Å². The number of hydrogen-bond acceptors (Lipinski definition) is 6. The summed E-state index contributed by atoms with van der Waals surface area (Å²) >= 11 is 0. The fourth-order valence-electron chi connectivity index (χ4n) is 1.66. The highest BCUT2D eigenvalue weighted by Gasteiger charge is 2.26. The molecule has 0 radical (unpaired) electrons. The second kappa shape index (κ2) is 4.06. The fraction of sp³-hybridized carbons (Fsp3) is 0.273. The molecule has 0 atom stereocenters. The van der Waals surface area contributed by atoms with E-state index in [0.717, 1.165) is 5.69 Å². The third-order valence-corrected chi connectivity index (χ3v) is 2.68. The van der Waals surface area contributed by atoms with E-state index >= 15 is 0 Å². The predicted molar refractivity (Wildman–Crippen MR) is 62.8 cm³/mol. The van der Waals surface area contributed by atoms with Crippen molar-refractivity contribution in [3.8, 4) is 11.5 Å². The molecule has 3 N–H and O–H groups in total. The smallest absolute Gasteiger partial charge is 0.182 e. The van der Waals surface area contributed by atoms with Crippen LogP contribution in [0, 0.1) is 0 Å². The minimum Gasteiger partial charge on any atom is -0.308 e. The molecule has 2 aromatic rings. The normalized spacial score (nSPS) is 14.6. The van der Waals surface area contributed by atoms with Gasteiger partial charge in [-0.2, -0.15) is 0 Å². The number of hydrazine groups is 1. The zero-order chi connectivity index (χ0) is 11.7. The fourth-order valence-corrected chi connectivity index (χ4v) is 1.66. The molecule has 0 aliphatic heterocycles. The molecule has 0 unspecified atom stereocenters. The molecule has 86 valence electrons. The Hall–Kier alpha value is -2.08. The molecule has 17 heavy (non-hydrogen) atoms. The monoisotopic (exact) mass is 228 g/mol. The van der Waals surface area contributed by atoms with E-state index in [0.29, 0.717) is 23.3 Å². The summed E-state index contributed by atoms with van der Waals surface area (Å²) in [6.07, 6.45) is 7.25. The molecular formula is C11H12N6. The summed E-state index contributed by atoms with van der Waals surface area (Å²) < 4.78 is 0. The summed E-state index contributed by atoms with van der Waals surface area (Å²) in [6, 6.07) is 1.89. The van der Waals surface area contributed by atoms with Gasteiger partial charge in [0.05, 0.1) is 6.20 Å². The van der Waals surface area contributed by atoms with E-state index in [2.05, 4.69) is 25.4 Å². The van der Waals surface area contributed by atoms with Crippen molar-refractivity contribution < 1.29 is 0 Å². The number of nitrogen functional groups attached to an aromatic ring is 1. The van der Waals surface area contributed by atoms with Crippen LogP contribution in [0.4, 0.5) is 5.82 Å². The standard InChI is InChI=1S/C11H12N6/c12-17-10-5-8(7-1-2-7)15-11(16-10)9-6-13-3-4-14-9/h3-7H,1-2,12H2,(H,15,16,17). The van der Waals surface area contributed by atoms with Gasteiger partial charge in [-0.15, -0.1) is 0 Å². The maximum atomic E-state index is 5.41. The van der Waals surface area contributed by atoms with E-state index in [1.54, 1.807) is 18.6 Å². The summed E-state index contributed by atoms with van der Waals surface area (Å²) in [5.74, 6) is 7.13. The van der Waals surface area contributed by atoms with Crippen LogP contribution >= 0.6 is 0 Å². The van der Waals surface area contributed by atoms with Crippen LogP contribution in [0.15, 0.2) is 24.7 Å². The molecule has 3 rings (SSSR count). The summed E-state index contributed by atoms with van der Waals surface area (Å²) in [7, 11) is 0. The van der Waals surface area contributed by atoms with Crippen molar-refractivity contribution in [1.29, 1.82) is 0 Å². The number of hydrogen-bond donors (Lipinski definition) is 2. The third kappa shape index (κ3) is 2.07. The number of nitrogens with zero attached hydrogens (tertiary/aromatic N) is 4. The Morgan fingerprint density at radius 1 is 1.24 bits per heavy atom. The first-order valence-corrected chi connectivity index (χ1v) is 5.49. The number of nitrogens with two attached hydrogens (primary N) is 1. The van der Waals surface area contributed by atoms with Gasteiger partial charge in [0.15, 0.2) is 5.82 Å². The van der Waals surface area contributed by atoms with E-state index in [-0.39, 0.29) is 0 Å². The van der Waals surface area contributed by atoms with Crippen LogP contribution in [0.25, 0.3) is 11.5 Å². The van der Waals surface area contributed by atoms with E-state index < -0.39 is 0 Å². The zero-order valence-electron chi connectivity index (χ0n) is 9.17. The van der Waals surface area contributed by atoms with Gasteiger partial charge in [0, 0.05) is 30.1 Å². The van der Waals surface area contributed by atoms with Gasteiger partial charge < -0.3 is 5.43 Å². The minimum absolute atomic E-state index is 0.542. The first kappa shape index (κ1) is 10.1. The Morgan fingerprint density at radius 2 is 2.12 bits per heavy atom. The number of nitrogens with one attached hydrogen (secondary N) is 1. The lowest BCUT2D eigenvalue weighted by Crippen LogP contribution is -2.10. The van der Waals surface area contributed by atoms with Gasteiger partial charge in [-0.25, -0.2) is 20.8 Å². The van der Waals surface area contributed by atoms with E-state index in [4.69, 9.17) is 5.84 Å². The maximum absolute atomic E-state index is 5.41. The van der Waals surface area contributed by atoms with Crippen molar-refractivity contribution in [3.63, 3.8) is 0 Å². The van der Waals surface area contributed by atoms with Gasteiger partial charge in [0.25, 0.3) is 0 Å². The highest BCUT2D eigenvalue weighted by atomic mass is 15.3. The molecule has 0 amide bonds. The lowest BCUT2D eigenvalue weighted by molar-refractivity contribution is 0.981. The minimum atomic E-state index is 0.542. The highest BCUT2D eigenvalue weighted by molar-refractivity contribution is 5.52. The maximum Gasteiger partial charge on any atom is 0.182 e. The van der Waals surface area contributed by atoms with Gasteiger partial charge in [0.2, 0.25) is 0 Å². The Bertz CT molecular complexity index is 523. The van der Waals surface area contributed by atoms with Crippen molar-refractivity contribution in [3.05, 3.63) is 30.4 Å². The van der Waals surface area contributed by atoms with Crippen LogP contribution in [0.1, 0.15) is 24.5 Å². The van der Waals surface area contributed by atoms with Crippen molar-refractivity contribution in [2.24, 2.45) is 5.84 Å². The first-order chi connectivity index (χ1) is 8.36. The average Bonchev–Trinajstić information content (AvgIpc) is 3.23. The zero-order valence-corrected chi connectivity index (χ0v) is 9.17. The van der Waals surface area contributed by atoms with Gasteiger partial charge in [-0.05, 0) is 12.8 Å².